The molecule has 0 spiro atoms. The van der Waals surface area contributed by atoms with Crippen LogP contribution in [0.5, 0.6) is 0 Å². The number of phosphoric ester groups is 1. The van der Waals surface area contributed by atoms with E-state index in [1.54, 1.807) is 4.57 Å². The first-order chi connectivity index (χ1) is 21.6. The summed E-state index contributed by atoms with van der Waals surface area (Å²) in [6.07, 6.45) is -4.20. The number of nitrogens with zero attached hydrogens (tertiary/aromatic N) is 4. The first kappa shape index (κ1) is 28.6. The zero-order valence-corrected chi connectivity index (χ0v) is 24.3. The Labute approximate surface area is 254 Å². The Kier molecular flexibility index (Phi) is 6.59. The van der Waals surface area contributed by atoms with Crippen molar-refractivity contribution in [2.75, 3.05) is 11.9 Å². The van der Waals surface area contributed by atoms with Gasteiger partial charge < -0.3 is 40.3 Å². The molecule has 1 saturated heterocycles. The highest BCUT2D eigenvalue weighted by Gasteiger charge is 2.43. The SMILES string of the molecule is O=P(O)(O)OC[C@H]1O[C@@H](n2cnc3c(N[C@@H]4c5c(cc6ccc7cccc8ccc5c6c78)[C@H](O)[C@@H](O)[C@H]4O)ncnc32)C[C@@H]1O. The molecule has 2 aliphatic rings. The van der Waals surface area contributed by atoms with Gasteiger partial charge in [0.1, 0.15) is 37.0 Å². The van der Waals surface area contributed by atoms with Gasteiger partial charge in [0, 0.05) is 6.42 Å². The molecule has 45 heavy (non-hydrogen) atoms. The van der Waals surface area contributed by atoms with Gasteiger partial charge in [-0.3, -0.25) is 9.09 Å². The van der Waals surface area contributed by atoms with E-state index >= 15 is 0 Å². The second-order valence-electron chi connectivity index (χ2n) is 11.5. The van der Waals surface area contributed by atoms with Gasteiger partial charge in [-0.2, -0.15) is 0 Å². The number of hydrogen-bond acceptors (Lipinski definition) is 11. The van der Waals surface area contributed by atoms with Gasteiger partial charge in [0.15, 0.2) is 17.0 Å². The summed E-state index contributed by atoms with van der Waals surface area (Å²) in [5, 5.41) is 53.1. The number of fused-ring (bicyclic) bond motifs is 3. The minimum Gasteiger partial charge on any atom is -0.390 e. The Morgan fingerprint density at radius 2 is 1.71 bits per heavy atom. The van der Waals surface area contributed by atoms with Crippen LogP contribution in [-0.2, 0) is 13.8 Å². The maximum atomic E-state index is 11.4. The van der Waals surface area contributed by atoms with Gasteiger partial charge in [-0.15, -0.1) is 0 Å². The minimum atomic E-state index is -4.75. The zero-order valence-electron chi connectivity index (χ0n) is 23.4. The zero-order chi connectivity index (χ0) is 31.2. The molecular formula is C30H28N5O9P. The summed E-state index contributed by atoms with van der Waals surface area (Å²) in [5.74, 6) is 0.253. The Morgan fingerprint density at radius 3 is 2.49 bits per heavy atom. The van der Waals surface area contributed by atoms with Crippen LogP contribution in [-0.4, -0.2) is 80.8 Å². The van der Waals surface area contributed by atoms with E-state index in [9.17, 15) is 25.0 Å². The lowest BCUT2D eigenvalue weighted by atomic mass is 9.77. The number of anilines is 1. The molecule has 0 saturated carbocycles. The molecule has 4 aromatic carbocycles. The summed E-state index contributed by atoms with van der Waals surface area (Å²) in [5.41, 5.74) is 1.77. The van der Waals surface area contributed by atoms with Crippen molar-refractivity contribution in [1.29, 1.82) is 0 Å². The van der Waals surface area contributed by atoms with Crippen LogP contribution in [0.3, 0.4) is 0 Å². The molecule has 2 aromatic heterocycles. The van der Waals surface area contributed by atoms with Crippen LogP contribution in [0.2, 0.25) is 0 Å². The molecule has 0 unspecified atom stereocenters. The topological polar surface area (TPSA) is 213 Å². The van der Waals surface area contributed by atoms with Crippen molar-refractivity contribution in [2.24, 2.45) is 0 Å². The average molecular weight is 634 g/mol. The van der Waals surface area contributed by atoms with Crippen LogP contribution >= 0.6 is 7.82 Å². The number of aliphatic hydroxyl groups excluding tert-OH is 4. The fourth-order valence-electron chi connectivity index (χ4n) is 6.86. The molecule has 3 heterocycles. The van der Waals surface area contributed by atoms with Crippen molar-refractivity contribution in [1.82, 2.24) is 19.5 Å². The number of hydrogen-bond donors (Lipinski definition) is 7. The van der Waals surface area contributed by atoms with Crippen LogP contribution in [0.25, 0.3) is 43.5 Å². The van der Waals surface area contributed by atoms with Crippen molar-refractivity contribution in [2.45, 2.75) is 49.2 Å². The minimum absolute atomic E-state index is 0.0882. The lowest BCUT2D eigenvalue weighted by Gasteiger charge is -2.39. The second kappa shape index (κ2) is 10.4. The summed E-state index contributed by atoms with van der Waals surface area (Å²) in [6.45, 7) is -0.508. The van der Waals surface area contributed by atoms with Gasteiger partial charge >= 0.3 is 7.82 Å². The lowest BCUT2D eigenvalue weighted by Crippen LogP contribution is -2.44. The smallest absolute Gasteiger partial charge is 0.390 e. The van der Waals surface area contributed by atoms with Gasteiger partial charge in [0.25, 0.3) is 0 Å². The average Bonchev–Trinajstić information content (AvgIpc) is 3.62. The molecule has 14 nitrogen and oxygen atoms in total. The van der Waals surface area contributed by atoms with Gasteiger partial charge in [0.2, 0.25) is 0 Å². The summed E-state index contributed by atoms with van der Waals surface area (Å²) in [6, 6.07) is 15.0. The fourth-order valence-corrected chi connectivity index (χ4v) is 7.21. The van der Waals surface area contributed by atoms with Crippen molar-refractivity contribution >= 4 is 57.1 Å². The molecule has 232 valence electrons. The molecule has 0 bridgehead atoms. The Morgan fingerprint density at radius 1 is 0.956 bits per heavy atom. The maximum Gasteiger partial charge on any atom is 0.469 e. The van der Waals surface area contributed by atoms with Gasteiger partial charge in [0.05, 0.1) is 25.1 Å². The first-order valence-electron chi connectivity index (χ1n) is 14.3. The number of benzene rings is 4. The van der Waals surface area contributed by atoms with Crippen molar-refractivity contribution < 1.29 is 44.0 Å². The quantitative estimate of drug-likeness (QED) is 0.104. The molecule has 1 aliphatic carbocycles. The number of aromatic nitrogens is 4. The monoisotopic (exact) mass is 633 g/mol. The van der Waals surface area contributed by atoms with E-state index < -0.39 is 57.2 Å². The number of rotatable bonds is 6. The molecule has 0 amide bonds. The van der Waals surface area contributed by atoms with E-state index in [2.05, 4.69) is 24.8 Å². The van der Waals surface area contributed by atoms with E-state index in [1.165, 1.54) is 12.7 Å². The van der Waals surface area contributed by atoms with Crippen LogP contribution in [0.15, 0.2) is 61.2 Å². The molecule has 6 aromatic rings. The summed E-state index contributed by atoms with van der Waals surface area (Å²) in [7, 11) is -4.75. The Bertz CT molecular complexity index is 2120. The van der Waals surface area contributed by atoms with E-state index in [4.69, 9.17) is 14.5 Å². The first-order valence-corrected chi connectivity index (χ1v) is 15.8. The fraction of sp³-hybridized carbons (Fsp3) is 0.300. The third-order valence-corrected chi connectivity index (χ3v) is 9.42. The van der Waals surface area contributed by atoms with Crippen LogP contribution < -0.4 is 5.32 Å². The lowest BCUT2D eigenvalue weighted by molar-refractivity contribution is -0.0766. The van der Waals surface area contributed by atoms with Crippen LogP contribution in [0.4, 0.5) is 5.82 Å². The number of imidazole rings is 1. The van der Waals surface area contributed by atoms with Gasteiger partial charge in [-0.25, -0.2) is 19.5 Å². The molecule has 7 N–H and O–H groups in total. The molecule has 1 aliphatic heterocycles. The van der Waals surface area contributed by atoms with Gasteiger partial charge in [-0.05, 0) is 49.5 Å². The maximum absolute atomic E-state index is 11.4. The highest BCUT2D eigenvalue weighted by atomic mass is 31.2. The predicted molar refractivity (Wildman–Crippen MR) is 161 cm³/mol. The molecular weight excluding hydrogens is 605 g/mol. The summed E-state index contributed by atoms with van der Waals surface area (Å²) < 4.78 is 23.0. The number of aliphatic hydroxyl groups is 4. The van der Waals surface area contributed by atoms with Crippen molar-refractivity contribution in [3.63, 3.8) is 0 Å². The van der Waals surface area contributed by atoms with Crippen molar-refractivity contribution in [3.8, 4) is 0 Å². The molecule has 15 heteroatoms. The van der Waals surface area contributed by atoms with E-state index in [1.807, 2.05) is 48.5 Å². The number of nitrogens with one attached hydrogen (secondary N) is 1. The molecule has 8 rings (SSSR count). The third kappa shape index (κ3) is 4.57. The van der Waals surface area contributed by atoms with E-state index in [0.717, 1.165) is 32.3 Å². The third-order valence-electron chi connectivity index (χ3n) is 8.94. The summed E-state index contributed by atoms with van der Waals surface area (Å²) in [4.78, 5) is 31.3. The van der Waals surface area contributed by atoms with Gasteiger partial charge in [-0.1, -0.05) is 42.5 Å². The largest absolute Gasteiger partial charge is 0.469 e. The van der Waals surface area contributed by atoms with Crippen molar-refractivity contribution in [3.05, 3.63) is 72.3 Å². The number of phosphoric acid groups is 1. The Hall–Kier alpha value is -3.82. The molecule has 7 atom stereocenters. The highest BCUT2D eigenvalue weighted by Crippen LogP contribution is 2.47. The van der Waals surface area contributed by atoms with E-state index in [-0.39, 0.29) is 12.2 Å². The second-order valence-corrected chi connectivity index (χ2v) is 12.8. The molecule has 0 radical (unpaired) electrons. The molecule has 1 fully saturated rings. The number of ether oxygens (including phenoxy) is 1. The van der Waals surface area contributed by atoms with E-state index in [0.29, 0.717) is 22.3 Å². The predicted octanol–water partition coefficient (Wildman–Crippen LogP) is 2.40. The normalized spacial score (nSPS) is 27.2. The summed E-state index contributed by atoms with van der Waals surface area (Å²) >= 11 is 0. The van der Waals surface area contributed by atoms with Crippen LogP contribution in [0, 0.1) is 0 Å². The highest BCUT2D eigenvalue weighted by molar-refractivity contribution is 7.46. The van der Waals surface area contributed by atoms with Crippen LogP contribution in [0.1, 0.15) is 35.9 Å². The standard InChI is InChI=1S/C30H28N5O9P/c36-18-9-20(44-19(18)10-43-45(40,41)42)35-12-33-25-29(31-11-32-30(25)35)34-24-23-16-7-6-14-3-1-2-13-4-5-15(22(16)21(13)14)8-17(23)26(37)28(39)27(24)38/h1-8,11-12,18-20,24,26-28,36-39H,9-10H2,(H,31,32,34)(H2,40,41,42)/t18-,19+,20+,24+,26-,27-,28+/m0/s1. The Balaban J connectivity index is 1.20.